The van der Waals surface area contributed by atoms with Gasteiger partial charge in [0.05, 0.1) is 0 Å². The quantitative estimate of drug-likeness (QED) is 0.194. The third-order valence-corrected chi connectivity index (χ3v) is 9.87. The van der Waals surface area contributed by atoms with E-state index in [2.05, 4.69) is 41.6 Å². The molecule has 0 aliphatic carbocycles. The number of carbonyl (C=O) groups excluding carboxylic acids is 2. The van der Waals surface area contributed by atoms with Gasteiger partial charge >= 0.3 is 12.2 Å². The molecule has 0 spiro atoms. The molecule has 2 amide bonds. The van der Waals surface area contributed by atoms with Crippen LogP contribution in [-0.2, 0) is 16.0 Å². The second-order valence-corrected chi connectivity index (χ2v) is 17.1. The monoisotopic (exact) mass is 826 g/mol. The minimum atomic E-state index is -0.485. The molecule has 0 atom stereocenters. The summed E-state index contributed by atoms with van der Waals surface area (Å²) in [6.07, 6.45) is 7.99. The van der Waals surface area contributed by atoms with Gasteiger partial charge in [-0.15, -0.1) is 0 Å². The highest BCUT2D eigenvalue weighted by Crippen LogP contribution is 2.16. The Kier molecular flexibility index (Phi) is 16.7. The number of ether oxygens (including phenoxy) is 2. The van der Waals surface area contributed by atoms with Crippen molar-refractivity contribution >= 4 is 57.8 Å². The summed E-state index contributed by atoms with van der Waals surface area (Å²) >= 11 is 2.90. The summed E-state index contributed by atoms with van der Waals surface area (Å²) in [6, 6.07) is 6.49. The summed E-state index contributed by atoms with van der Waals surface area (Å²) in [5, 5.41) is 3.01. The molecule has 2 aliphatic heterocycles. The van der Waals surface area contributed by atoms with E-state index >= 15 is 0 Å². The smallest absolute Gasteiger partial charge is 0.410 e. The average molecular weight is 827 g/mol. The van der Waals surface area contributed by atoms with Crippen LogP contribution in [0.3, 0.4) is 0 Å². The average Bonchev–Trinajstić information content (AvgIpc) is 3.16. The van der Waals surface area contributed by atoms with Crippen molar-refractivity contribution in [1.82, 2.24) is 49.1 Å². The van der Waals surface area contributed by atoms with Crippen LogP contribution in [0.1, 0.15) is 54.9 Å². The lowest BCUT2D eigenvalue weighted by Crippen LogP contribution is -2.50. The highest BCUT2D eigenvalue weighted by molar-refractivity contribution is 7.98. The topological polar surface area (TPSA) is 172 Å². The molecule has 6 heterocycles. The van der Waals surface area contributed by atoms with Gasteiger partial charge in [0.25, 0.3) is 5.56 Å². The number of amides is 2. The summed E-state index contributed by atoms with van der Waals surface area (Å²) in [6.45, 7) is 22.2. The summed E-state index contributed by atoms with van der Waals surface area (Å²) in [7, 11) is 0. The molecule has 2 saturated heterocycles. The van der Waals surface area contributed by atoms with Crippen LogP contribution < -0.4 is 11.1 Å². The number of aromatic amines is 1. The van der Waals surface area contributed by atoms with Gasteiger partial charge in [-0.1, -0.05) is 30.4 Å². The Morgan fingerprint density at radius 3 is 1.68 bits per heavy atom. The lowest BCUT2D eigenvalue weighted by Gasteiger charge is -2.35. The van der Waals surface area contributed by atoms with Crippen molar-refractivity contribution in [1.29, 1.82) is 0 Å². The molecule has 0 radical (unpaired) electrons. The number of nitrogens with one attached hydrogen (secondary N) is 1. The first-order valence-corrected chi connectivity index (χ1v) is 21.6. The van der Waals surface area contributed by atoms with Gasteiger partial charge in [0.1, 0.15) is 22.5 Å². The Balaban J connectivity index is 0.000000209. The Bertz CT molecular complexity index is 2050. The number of nitrogens with zero attached hydrogens (tertiary/aromatic N) is 9. The molecule has 18 heteroatoms. The number of fused-ring (bicyclic) bond motifs is 2. The van der Waals surface area contributed by atoms with Crippen molar-refractivity contribution in [2.45, 2.75) is 82.9 Å². The van der Waals surface area contributed by atoms with Crippen molar-refractivity contribution < 1.29 is 19.1 Å². The van der Waals surface area contributed by atoms with Crippen molar-refractivity contribution in [3.63, 3.8) is 0 Å². The molecule has 16 nitrogen and oxygen atoms in total. The van der Waals surface area contributed by atoms with Gasteiger partial charge in [0.15, 0.2) is 10.3 Å². The molecule has 0 unspecified atom stereocenters. The number of rotatable bonds is 7. The summed E-state index contributed by atoms with van der Waals surface area (Å²) in [4.78, 5) is 75.1. The molecule has 0 bridgehead atoms. The number of H-pyrrole nitrogens is 1. The molecule has 4 aromatic rings. The van der Waals surface area contributed by atoms with Crippen LogP contribution in [0, 0.1) is 0 Å². The van der Waals surface area contributed by atoms with Gasteiger partial charge in [-0.05, 0) is 79.2 Å². The van der Waals surface area contributed by atoms with E-state index in [4.69, 9.17) is 9.47 Å². The standard InChI is InChI=1S/C19H27N5O3S.C12H24N2O2.C8H7N3OS/c1-19(2,3)27-18(26)23-10-7-22(8-11-23)9-12-24-15(25)6-5-14-13-20-17(28-4)21-16(14)24;1-5-6-13-7-9-14(10-8-13)11(15)16-12(2,3)4;1-13-8-9-4-5-2-3-6(12)10-7(5)11-8/h5-6,13H,7-12H2,1-4H3;5-10H2,1-4H3;2-4H,1H3,(H,9,10,11,12). The maximum Gasteiger partial charge on any atom is 0.410 e. The van der Waals surface area contributed by atoms with E-state index in [0.29, 0.717) is 41.2 Å². The summed E-state index contributed by atoms with van der Waals surface area (Å²) < 4.78 is 12.5. The summed E-state index contributed by atoms with van der Waals surface area (Å²) in [5.41, 5.74) is 0.175. The zero-order valence-corrected chi connectivity index (χ0v) is 36.4. The zero-order valence-electron chi connectivity index (χ0n) is 34.7. The van der Waals surface area contributed by atoms with Crippen LogP contribution in [0.25, 0.3) is 22.1 Å². The SMILES string of the molecule is CCCN1CCN(C(=O)OC(C)(C)C)CC1.CSc1ncc2ccc(=O)[nH]c2n1.CSc1ncc2ccc(=O)n(CCN3CCN(C(=O)OC(C)(C)C)CC3)c2n1. The summed E-state index contributed by atoms with van der Waals surface area (Å²) in [5.74, 6) is 0. The van der Waals surface area contributed by atoms with Gasteiger partial charge in [-0.3, -0.25) is 24.0 Å². The largest absolute Gasteiger partial charge is 0.444 e. The lowest BCUT2D eigenvalue weighted by molar-refractivity contribution is 0.0135. The first-order valence-electron chi connectivity index (χ1n) is 19.2. The van der Waals surface area contributed by atoms with Crippen molar-refractivity contribution in [3.8, 4) is 0 Å². The fraction of sp³-hybridized carbons (Fsp3) is 0.590. The Hall–Kier alpha value is -4.26. The van der Waals surface area contributed by atoms with Gasteiger partial charge < -0.3 is 24.3 Å². The van der Waals surface area contributed by atoms with E-state index < -0.39 is 11.2 Å². The van der Waals surface area contributed by atoms with E-state index in [0.717, 1.165) is 63.1 Å². The molecule has 2 aliphatic rings. The fourth-order valence-corrected chi connectivity index (χ4v) is 6.58. The molecule has 4 aromatic heterocycles. The van der Waals surface area contributed by atoms with Crippen LogP contribution in [-0.4, -0.2) is 150 Å². The molecule has 0 aromatic carbocycles. The third kappa shape index (κ3) is 14.6. The second-order valence-electron chi connectivity index (χ2n) is 15.6. The normalized spacial score (nSPS) is 15.4. The fourth-order valence-electron chi connectivity index (χ4n) is 5.91. The van der Waals surface area contributed by atoms with E-state index in [1.165, 1.54) is 36.0 Å². The van der Waals surface area contributed by atoms with Crippen LogP contribution in [0.2, 0.25) is 0 Å². The van der Waals surface area contributed by atoms with Gasteiger partial charge in [-0.2, -0.15) is 0 Å². The van der Waals surface area contributed by atoms with E-state index in [-0.39, 0.29) is 23.3 Å². The van der Waals surface area contributed by atoms with E-state index in [9.17, 15) is 19.2 Å². The highest BCUT2D eigenvalue weighted by atomic mass is 32.2. The van der Waals surface area contributed by atoms with E-state index in [1.54, 1.807) is 45.0 Å². The lowest BCUT2D eigenvalue weighted by atomic mass is 10.2. The third-order valence-electron chi connectivity index (χ3n) is 8.74. The number of thioether (sulfide) groups is 2. The zero-order chi connectivity index (χ0) is 41.8. The first-order chi connectivity index (χ1) is 27.0. The molecule has 312 valence electrons. The second kappa shape index (κ2) is 20.9. The number of aromatic nitrogens is 6. The minimum absolute atomic E-state index is 0.0642. The van der Waals surface area contributed by atoms with Crippen molar-refractivity contribution in [3.05, 3.63) is 57.4 Å². The van der Waals surface area contributed by atoms with Crippen LogP contribution in [0.4, 0.5) is 9.59 Å². The number of hydrogen-bond donors (Lipinski definition) is 1. The molecule has 2 fully saturated rings. The van der Waals surface area contributed by atoms with Crippen LogP contribution in [0.5, 0.6) is 0 Å². The Labute approximate surface area is 343 Å². The maximum atomic E-state index is 12.4. The molecule has 6 rings (SSSR count). The van der Waals surface area contributed by atoms with Crippen LogP contribution in [0.15, 0.2) is 56.6 Å². The van der Waals surface area contributed by atoms with Crippen LogP contribution >= 0.6 is 23.5 Å². The molecule has 0 saturated carbocycles. The maximum absolute atomic E-state index is 12.4. The van der Waals surface area contributed by atoms with E-state index in [1.807, 2.05) is 54.1 Å². The molecular formula is C39H58N10O6S2. The first kappa shape index (κ1) is 45.4. The predicted molar refractivity (Wildman–Crippen MR) is 226 cm³/mol. The highest BCUT2D eigenvalue weighted by Gasteiger charge is 2.27. The number of hydrogen-bond acceptors (Lipinski definition) is 14. The molecule has 1 N–H and O–H groups in total. The Morgan fingerprint density at radius 1 is 0.684 bits per heavy atom. The minimum Gasteiger partial charge on any atom is -0.444 e. The van der Waals surface area contributed by atoms with Gasteiger partial charge in [-0.25, -0.2) is 29.5 Å². The molecular weight excluding hydrogens is 769 g/mol. The number of pyridine rings is 2. The number of carbonyl (C=O) groups is 2. The van der Waals surface area contributed by atoms with Crippen molar-refractivity contribution in [2.24, 2.45) is 0 Å². The number of piperazine rings is 2. The predicted octanol–water partition coefficient (Wildman–Crippen LogP) is 5.06. The van der Waals surface area contributed by atoms with Gasteiger partial charge in [0, 0.05) is 101 Å². The van der Waals surface area contributed by atoms with Crippen molar-refractivity contribution in [2.75, 3.05) is 78.0 Å². The van der Waals surface area contributed by atoms with Gasteiger partial charge in [0.2, 0.25) is 5.56 Å². The Morgan fingerprint density at radius 2 is 1.18 bits per heavy atom. The molecule has 57 heavy (non-hydrogen) atoms.